The fourth-order valence-electron chi connectivity index (χ4n) is 6.80. The topological polar surface area (TPSA) is 52.0 Å². The molecule has 0 aromatic heterocycles. The van der Waals surface area contributed by atoms with Crippen molar-refractivity contribution in [2.75, 3.05) is 0 Å². The average Bonchev–Trinajstić information content (AvgIpc) is 3.05. The van der Waals surface area contributed by atoms with Gasteiger partial charge in [-0.05, 0) is 129 Å². The number of rotatable bonds is 1. The number of hydrazine groups is 1. The Kier molecular flexibility index (Phi) is 5.65. The molecule has 2 nitrogen and oxygen atoms in total. The van der Waals surface area contributed by atoms with E-state index in [1.165, 1.54) is 86.5 Å². The van der Waals surface area contributed by atoms with E-state index in [1.807, 2.05) is 0 Å². The van der Waals surface area contributed by atoms with E-state index in [-0.39, 0.29) is 0 Å². The summed E-state index contributed by atoms with van der Waals surface area (Å²) in [6, 6.07) is 54.0. The maximum Gasteiger partial charge on any atom is -0.00206 e. The van der Waals surface area contributed by atoms with Crippen LogP contribution in [0.4, 0.5) is 0 Å². The van der Waals surface area contributed by atoms with E-state index >= 15 is 0 Å². The molecule has 0 saturated carbocycles. The van der Waals surface area contributed by atoms with Gasteiger partial charge < -0.3 is 0 Å². The largest absolute Gasteiger partial charge is 0.274 e. The maximum atomic E-state index is 4.00. The predicted octanol–water partition coefficient (Wildman–Crippen LogP) is 10.2. The normalized spacial score (nSPS) is 11.6. The molecule has 0 aliphatic carbocycles. The first kappa shape index (κ1) is 24.5. The summed E-state index contributed by atoms with van der Waals surface area (Å²) >= 11 is 0. The molecule has 0 saturated heterocycles. The molecule has 0 aliphatic heterocycles. The number of nitrogens with two attached hydrogens (primary N) is 2. The van der Waals surface area contributed by atoms with Crippen molar-refractivity contribution in [1.29, 1.82) is 0 Å². The summed E-state index contributed by atoms with van der Waals surface area (Å²) in [7, 11) is 0. The van der Waals surface area contributed by atoms with Gasteiger partial charge in [-0.1, -0.05) is 103 Å². The van der Waals surface area contributed by atoms with Gasteiger partial charge in [0.25, 0.3) is 0 Å². The third-order valence-electron chi connectivity index (χ3n) is 8.70. The highest BCUT2D eigenvalue weighted by Crippen LogP contribution is 2.41. The zero-order chi connectivity index (χ0) is 28.2. The van der Waals surface area contributed by atoms with Crippen LogP contribution in [0.25, 0.3) is 86.5 Å². The minimum absolute atomic E-state index is 1.27. The Morgan fingerprint density at radius 1 is 0.262 bits per heavy atom. The lowest BCUT2D eigenvalue weighted by atomic mass is 9.88. The van der Waals surface area contributed by atoms with Gasteiger partial charge in [0, 0.05) is 0 Å². The Morgan fingerprint density at radius 3 is 1.26 bits per heavy atom. The van der Waals surface area contributed by atoms with Gasteiger partial charge in [-0.15, -0.1) is 0 Å². The maximum absolute atomic E-state index is 4.00. The van der Waals surface area contributed by atoms with Gasteiger partial charge in [0.1, 0.15) is 0 Å². The Labute approximate surface area is 243 Å². The van der Waals surface area contributed by atoms with Gasteiger partial charge in [0.05, 0.1) is 0 Å². The Bertz CT molecular complexity index is 2440. The van der Waals surface area contributed by atoms with Gasteiger partial charge in [-0.3, -0.25) is 11.7 Å². The van der Waals surface area contributed by atoms with Gasteiger partial charge in [-0.2, -0.15) is 0 Å². The number of hydrogen-bond donors (Lipinski definition) is 2. The summed E-state index contributed by atoms with van der Waals surface area (Å²) in [5.74, 6) is 8.00. The minimum Gasteiger partial charge on any atom is -0.274 e. The lowest BCUT2D eigenvalue weighted by Crippen LogP contribution is -2.02. The van der Waals surface area contributed by atoms with Crippen LogP contribution >= 0.6 is 0 Å². The molecule has 0 atom stereocenters. The Morgan fingerprint density at radius 2 is 0.643 bits per heavy atom. The highest BCUT2D eigenvalue weighted by molar-refractivity contribution is 6.20. The second-order valence-corrected chi connectivity index (χ2v) is 11.0. The molecule has 0 radical (unpaired) electrons. The first-order chi connectivity index (χ1) is 20.8. The molecule has 4 N–H and O–H groups in total. The number of hydrogen-bond acceptors (Lipinski definition) is 2. The lowest BCUT2D eigenvalue weighted by molar-refractivity contribution is 1.26. The molecule has 9 aromatic rings. The van der Waals surface area contributed by atoms with Crippen molar-refractivity contribution in [3.8, 4) is 11.1 Å². The molecule has 9 aromatic carbocycles. The van der Waals surface area contributed by atoms with Gasteiger partial charge >= 0.3 is 0 Å². The summed E-state index contributed by atoms with van der Waals surface area (Å²) in [6.45, 7) is 0. The molecule has 0 bridgehead atoms. The molecule has 0 fully saturated rings. The zero-order valence-corrected chi connectivity index (χ0v) is 23.0. The molecule has 0 amide bonds. The second kappa shape index (κ2) is 9.67. The number of benzene rings is 9. The Hall–Kier alpha value is -5.28. The van der Waals surface area contributed by atoms with Crippen molar-refractivity contribution in [1.82, 2.24) is 0 Å². The molecule has 2 heteroatoms. The van der Waals surface area contributed by atoms with Crippen molar-refractivity contribution >= 4 is 75.4 Å². The van der Waals surface area contributed by atoms with Crippen LogP contribution in [0.1, 0.15) is 0 Å². The molecule has 0 spiro atoms. The van der Waals surface area contributed by atoms with Crippen molar-refractivity contribution in [2.45, 2.75) is 0 Å². The van der Waals surface area contributed by atoms with Gasteiger partial charge in [-0.25, -0.2) is 0 Å². The summed E-state index contributed by atoms with van der Waals surface area (Å²) < 4.78 is 0. The van der Waals surface area contributed by atoms with Crippen LogP contribution in [0.2, 0.25) is 0 Å². The van der Waals surface area contributed by atoms with E-state index in [9.17, 15) is 0 Å². The van der Waals surface area contributed by atoms with E-state index in [0.29, 0.717) is 0 Å². The fourth-order valence-corrected chi connectivity index (χ4v) is 6.80. The fraction of sp³-hybridized carbons (Fsp3) is 0. The predicted molar refractivity (Wildman–Crippen MR) is 183 cm³/mol. The SMILES string of the molecule is NN.c1ccc2cc3c(ccc4cc5cc6c(-c7c8ccccc8cc8ccccc78)cccc6cc5cc43)cc2c1. The standard InChI is InChI=1S/C40H24.H4N2/c1-2-9-26-22-38-30(18-25(26)8-1)16-17-31-21-33-23-37-29(20-32(33)24-39(31)38)12-7-15-36(37)40-34-13-5-3-10-27(34)19-28-11-4-6-14-35(28)40;1-2/h1-24H;1-2H2. The van der Waals surface area contributed by atoms with Crippen LogP contribution in [-0.2, 0) is 0 Å². The molecule has 0 aliphatic rings. The summed E-state index contributed by atoms with van der Waals surface area (Å²) in [5, 5.41) is 18.0. The van der Waals surface area contributed by atoms with Crippen LogP contribution in [0.15, 0.2) is 146 Å². The van der Waals surface area contributed by atoms with Crippen molar-refractivity contribution in [2.24, 2.45) is 11.7 Å². The summed E-state index contributed by atoms with van der Waals surface area (Å²) in [5.41, 5.74) is 2.61. The van der Waals surface area contributed by atoms with Crippen LogP contribution in [0.3, 0.4) is 0 Å². The zero-order valence-electron chi connectivity index (χ0n) is 23.0. The smallest absolute Gasteiger partial charge is 0.00206 e. The van der Waals surface area contributed by atoms with Crippen LogP contribution in [-0.4, -0.2) is 0 Å². The molecule has 198 valence electrons. The third kappa shape index (κ3) is 3.74. The minimum atomic E-state index is 1.27. The lowest BCUT2D eigenvalue weighted by Gasteiger charge is -2.15. The summed E-state index contributed by atoms with van der Waals surface area (Å²) in [6.07, 6.45) is 0. The quantitative estimate of drug-likeness (QED) is 0.0949. The summed E-state index contributed by atoms with van der Waals surface area (Å²) in [4.78, 5) is 0. The molecule has 0 unspecified atom stereocenters. The van der Waals surface area contributed by atoms with Crippen LogP contribution < -0.4 is 11.7 Å². The van der Waals surface area contributed by atoms with E-state index in [1.54, 1.807) is 0 Å². The average molecular weight is 537 g/mol. The number of fused-ring (bicyclic) bond motifs is 8. The molecule has 9 rings (SSSR count). The van der Waals surface area contributed by atoms with Crippen molar-refractivity contribution in [3.63, 3.8) is 0 Å². The van der Waals surface area contributed by atoms with Gasteiger partial charge in [0.15, 0.2) is 0 Å². The van der Waals surface area contributed by atoms with Crippen LogP contribution in [0.5, 0.6) is 0 Å². The molecule has 0 heterocycles. The highest BCUT2D eigenvalue weighted by Gasteiger charge is 2.14. The highest BCUT2D eigenvalue weighted by atomic mass is 15.0. The first-order valence-electron chi connectivity index (χ1n) is 14.3. The monoisotopic (exact) mass is 536 g/mol. The molecular formula is C40H28N2. The van der Waals surface area contributed by atoms with Crippen LogP contribution in [0, 0.1) is 0 Å². The van der Waals surface area contributed by atoms with Crippen molar-refractivity contribution in [3.05, 3.63) is 146 Å². The van der Waals surface area contributed by atoms with E-state index in [2.05, 4.69) is 157 Å². The molecule has 42 heavy (non-hydrogen) atoms. The first-order valence-corrected chi connectivity index (χ1v) is 14.3. The third-order valence-corrected chi connectivity index (χ3v) is 8.70. The van der Waals surface area contributed by atoms with Gasteiger partial charge in [0.2, 0.25) is 0 Å². The van der Waals surface area contributed by atoms with E-state index in [4.69, 9.17) is 0 Å². The van der Waals surface area contributed by atoms with E-state index < -0.39 is 0 Å². The van der Waals surface area contributed by atoms with Crippen molar-refractivity contribution < 1.29 is 0 Å². The van der Waals surface area contributed by atoms with E-state index in [0.717, 1.165) is 0 Å². The molecular weight excluding hydrogens is 508 g/mol. The Balaban J connectivity index is 0.00000131. The second-order valence-electron chi connectivity index (χ2n) is 11.0.